The lowest BCUT2D eigenvalue weighted by atomic mass is 10.1. The van der Waals surface area contributed by atoms with Crippen molar-refractivity contribution in [1.29, 1.82) is 0 Å². The molecule has 0 saturated heterocycles. The molecule has 0 atom stereocenters. The molecule has 0 radical (unpaired) electrons. The van der Waals surface area contributed by atoms with E-state index in [4.69, 9.17) is 4.74 Å². The third-order valence-corrected chi connectivity index (χ3v) is 2.56. The summed E-state index contributed by atoms with van der Waals surface area (Å²) in [5, 5.41) is 0. The van der Waals surface area contributed by atoms with Gasteiger partial charge in [0.05, 0.1) is 12.2 Å². The maximum Gasteiger partial charge on any atom is 0.169 e. The van der Waals surface area contributed by atoms with Gasteiger partial charge in [-0.1, -0.05) is 19.1 Å². The molecule has 1 aromatic carbocycles. The lowest BCUT2D eigenvalue weighted by Crippen LogP contribution is -2.06. The van der Waals surface area contributed by atoms with Crippen LogP contribution >= 0.6 is 0 Å². The second-order valence-electron chi connectivity index (χ2n) is 3.98. The first-order chi connectivity index (χ1) is 7.33. The van der Waals surface area contributed by atoms with Gasteiger partial charge in [0.15, 0.2) is 5.78 Å². The third kappa shape index (κ3) is 2.38. The fourth-order valence-corrected chi connectivity index (χ4v) is 1.57. The van der Waals surface area contributed by atoms with Crippen molar-refractivity contribution < 1.29 is 9.53 Å². The van der Waals surface area contributed by atoms with Crippen LogP contribution < -0.4 is 4.74 Å². The summed E-state index contributed by atoms with van der Waals surface area (Å²) in [4.78, 5) is 11.9. The first kappa shape index (κ1) is 10.2. The minimum atomic E-state index is 0.252. The van der Waals surface area contributed by atoms with Crippen LogP contribution in [0, 0.1) is 5.92 Å². The van der Waals surface area contributed by atoms with Gasteiger partial charge in [0, 0.05) is 5.92 Å². The van der Waals surface area contributed by atoms with E-state index in [0.29, 0.717) is 6.61 Å². The van der Waals surface area contributed by atoms with Crippen molar-refractivity contribution in [3.63, 3.8) is 0 Å². The SMILES string of the molecule is CCCOc1ccccc1C(=O)C1CC1. The zero-order valence-electron chi connectivity index (χ0n) is 9.03. The highest BCUT2D eigenvalue weighted by atomic mass is 16.5. The summed E-state index contributed by atoms with van der Waals surface area (Å²) in [6, 6.07) is 7.56. The molecule has 2 heteroatoms. The number of hydrogen-bond acceptors (Lipinski definition) is 2. The van der Waals surface area contributed by atoms with Crippen LogP contribution in [0.4, 0.5) is 0 Å². The first-order valence-corrected chi connectivity index (χ1v) is 5.59. The number of carbonyl (C=O) groups is 1. The van der Waals surface area contributed by atoms with E-state index in [-0.39, 0.29) is 11.7 Å². The molecule has 0 aromatic heterocycles. The summed E-state index contributed by atoms with van der Waals surface area (Å²) in [6.07, 6.45) is 3.05. The molecule has 0 unspecified atom stereocenters. The van der Waals surface area contributed by atoms with Gasteiger partial charge in [-0.25, -0.2) is 0 Å². The van der Waals surface area contributed by atoms with Crippen molar-refractivity contribution in [3.8, 4) is 5.75 Å². The Morgan fingerprint density at radius 3 is 2.80 bits per heavy atom. The van der Waals surface area contributed by atoms with Gasteiger partial charge in [-0.05, 0) is 31.4 Å². The highest BCUT2D eigenvalue weighted by molar-refractivity contribution is 6.01. The van der Waals surface area contributed by atoms with Crippen LogP contribution in [0.5, 0.6) is 5.75 Å². The topological polar surface area (TPSA) is 26.3 Å². The summed E-state index contributed by atoms with van der Waals surface area (Å²) in [5.74, 6) is 1.26. The highest BCUT2D eigenvalue weighted by Gasteiger charge is 2.31. The quantitative estimate of drug-likeness (QED) is 0.689. The van der Waals surface area contributed by atoms with Gasteiger partial charge in [-0.3, -0.25) is 4.79 Å². The predicted molar refractivity (Wildman–Crippen MR) is 59.3 cm³/mol. The summed E-state index contributed by atoms with van der Waals surface area (Å²) in [7, 11) is 0. The number of ether oxygens (including phenoxy) is 1. The van der Waals surface area contributed by atoms with Crippen molar-refractivity contribution in [2.24, 2.45) is 5.92 Å². The Morgan fingerprint density at radius 2 is 2.13 bits per heavy atom. The third-order valence-electron chi connectivity index (χ3n) is 2.56. The van der Waals surface area contributed by atoms with Crippen LogP contribution in [0.2, 0.25) is 0 Å². The van der Waals surface area contributed by atoms with E-state index in [0.717, 1.165) is 30.6 Å². The Bertz CT molecular complexity index is 353. The summed E-state index contributed by atoms with van der Waals surface area (Å²) in [6.45, 7) is 2.74. The number of hydrogen-bond donors (Lipinski definition) is 0. The van der Waals surface area contributed by atoms with Gasteiger partial charge in [-0.2, -0.15) is 0 Å². The zero-order chi connectivity index (χ0) is 10.7. The molecule has 2 rings (SSSR count). The van der Waals surface area contributed by atoms with Gasteiger partial charge in [-0.15, -0.1) is 0 Å². The first-order valence-electron chi connectivity index (χ1n) is 5.59. The Morgan fingerprint density at radius 1 is 1.40 bits per heavy atom. The second kappa shape index (κ2) is 4.47. The molecule has 1 aliphatic carbocycles. The van der Waals surface area contributed by atoms with Gasteiger partial charge in [0.1, 0.15) is 5.75 Å². The van der Waals surface area contributed by atoms with Crippen molar-refractivity contribution in [2.45, 2.75) is 26.2 Å². The average Bonchev–Trinajstić information content (AvgIpc) is 3.09. The Hall–Kier alpha value is -1.31. The normalized spacial score (nSPS) is 15.0. The molecule has 0 heterocycles. The summed E-state index contributed by atoms with van der Waals surface area (Å²) in [5.41, 5.74) is 0.758. The molecular weight excluding hydrogens is 188 g/mol. The van der Waals surface area contributed by atoms with Crippen LogP contribution in [0.25, 0.3) is 0 Å². The molecule has 0 amide bonds. The second-order valence-corrected chi connectivity index (χ2v) is 3.98. The number of rotatable bonds is 5. The molecule has 1 aliphatic rings. The largest absolute Gasteiger partial charge is 0.493 e. The number of Topliss-reactive ketones (excluding diaryl/α,β-unsaturated/α-hetero) is 1. The lowest BCUT2D eigenvalue weighted by Gasteiger charge is -2.09. The Balaban J connectivity index is 2.16. The summed E-state index contributed by atoms with van der Waals surface area (Å²) >= 11 is 0. The highest BCUT2D eigenvalue weighted by Crippen LogP contribution is 2.35. The van der Waals surface area contributed by atoms with Crippen LogP contribution in [-0.2, 0) is 0 Å². The Kier molecular flexibility index (Phi) is 3.05. The molecule has 1 aromatic rings. The smallest absolute Gasteiger partial charge is 0.169 e. The fraction of sp³-hybridized carbons (Fsp3) is 0.462. The maximum atomic E-state index is 11.9. The number of para-hydroxylation sites is 1. The average molecular weight is 204 g/mol. The molecule has 2 nitrogen and oxygen atoms in total. The van der Waals surface area contributed by atoms with E-state index in [1.807, 2.05) is 24.3 Å². The van der Waals surface area contributed by atoms with Crippen LogP contribution in [-0.4, -0.2) is 12.4 Å². The number of benzene rings is 1. The van der Waals surface area contributed by atoms with Crippen LogP contribution in [0.15, 0.2) is 24.3 Å². The van der Waals surface area contributed by atoms with E-state index < -0.39 is 0 Å². The van der Waals surface area contributed by atoms with Gasteiger partial charge in [0.2, 0.25) is 0 Å². The number of ketones is 1. The van der Waals surface area contributed by atoms with E-state index in [2.05, 4.69) is 6.92 Å². The van der Waals surface area contributed by atoms with Crippen LogP contribution in [0.3, 0.4) is 0 Å². The fourth-order valence-electron chi connectivity index (χ4n) is 1.57. The van der Waals surface area contributed by atoms with Crippen molar-refractivity contribution in [2.75, 3.05) is 6.61 Å². The molecule has 1 saturated carbocycles. The van der Waals surface area contributed by atoms with E-state index in [9.17, 15) is 4.79 Å². The molecule has 1 fully saturated rings. The van der Waals surface area contributed by atoms with Gasteiger partial charge >= 0.3 is 0 Å². The molecule has 0 spiro atoms. The molecule has 15 heavy (non-hydrogen) atoms. The van der Waals surface area contributed by atoms with E-state index in [1.54, 1.807) is 0 Å². The van der Waals surface area contributed by atoms with E-state index in [1.165, 1.54) is 0 Å². The zero-order valence-corrected chi connectivity index (χ0v) is 9.03. The Labute approximate surface area is 90.3 Å². The van der Waals surface area contributed by atoms with Crippen molar-refractivity contribution >= 4 is 5.78 Å². The number of carbonyl (C=O) groups excluding carboxylic acids is 1. The van der Waals surface area contributed by atoms with Crippen molar-refractivity contribution in [1.82, 2.24) is 0 Å². The molecule has 0 aliphatic heterocycles. The minimum absolute atomic E-state index is 0.252. The maximum absolute atomic E-state index is 11.9. The van der Waals surface area contributed by atoms with Crippen molar-refractivity contribution in [3.05, 3.63) is 29.8 Å². The van der Waals surface area contributed by atoms with Gasteiger partial charge in [0.25, 0.3) is 0 Å². The standard InChI is InChI=1S/C13H16O2/c1-2-9-15-12-6-4-3-5-11(12)13(14)10-7-8-10/h3-6,10H,2,7-9H2,1H3. The summed E-state index contributed by atoms with van der Waals surface area (Å²) < 4.78 is 5.56. The predicted octanol–water partition coefficient (Wildman–Crippen LogP) is 3.07. The molecular formula is C13H16O2. The van der Waals surface area contributed by atoms with Crippen LogP contribution in [0.1, 0.15) is 36.5 Å². The van der Waals surface area contributed by atoms with E-state index >= 15 is 0 Å². The lowest BCUT2D eigenvalue weighted by molar-refractivity contribution is 0.0963. The monoisotopic (exact) mass is 204 g/mol. The minimum Gasteiger partial charge on any atom is -0.493 e. The molecule has 0 N–H and O–H groups in total. The molecule has 0 bridgehead atoms. The van der Waals surface area contributed by atoms with Gasteiger partial charge < -0.3 is 4.74 Å². The molecule has 80 valence electrons.